The first-order chi connectivity index (χ1) is 48.5. The molecular weight excluding hydrogens is 1370 g/mol. The molecule has 0 aliphatic heterocycles. The minimum Gasteiger partial charge on any atom is -0.466 e. The second-order valence-electron chi connectivity index (χ2n) is 54.4. The summed E-state index contributed by atoms with van der Waals surface area (Å²) in [5.41, 5.74) is 3.31. The van der Waals surface area contributed by atoms with Crippen LogP contribution in [0.3, 0.4) is 0 Å². The van der Waals surface area contributed by atoms with Gasteiger partial charge in [0.1, 0.15) is 12.6 Å². The van der Waals surface area contributed by atoms with Crippen molar-refractivity contribution in [1.82, 2.24) is 0 Å². The summed E-state index contributed by atoms with van der Waals surface area (Å²) >= 11 is 0. The SMILES string of the molecule is CC(C)(C)CC(CC=O)CC(C)(C)C.CC(C)(C)CC(CCOC(=O)CC(CC(C)(C)C)CC(C)(C)C)CC(C)(C)C.CC(C)C(C=O)C(C)CC(C)(C)C.CC(CC(C)(C)C)C(C(=O)OCCC(CC(C)(C)C)CC(C)(C)C)C(C)(C)C.CC(CC(C)(C)C)C(COC(=O)C(C(C)CC(C)(C)C)C(C)(C)C)C(C)(C)C. The maximum atomic E-state index is 13.2. The molecule has 0 heterocycles. The van der Waals surface area contributed by atoms with E-state index in [1.54, 1.807) is 0 Å². The maximum absolute atomic E-state index is 13.2. The molecule has 0 N–H and O–H groups in total. The van der Waals surface area contributed by atoms with E-state index in [-0.39, 0.29) is 79.0 Å². The Morgan fingerprint density at radius 1 is 0.279 bits per heavy atom. The number of hydrogen-bond donors (Lipinski definition) is 0. The van der Waals surface area contributed by atoms with Crippen LogP contribution in [0.2, 0.25) is 0 Å². The molecule has 0 amide bonds. The lowest BCUT2D eigenvalue weighted by atomic mass is 9.68. The van der Waals surface area contributed by atoms with Crippen molar-refractivity contribution in [2.75, 3.05) is 19.8 Å². The third-order valence-corrected chi connectivity index (χ3v) is 20.7. The molecule has 0 saturated heterocycles. The normalized spacial score (nSPS) is 16.0. The van der Waals surface area contributed by atoms with E-state index in [4.69, 9.17) is 14.2 Å². The minimum absolute atomic E-state index is 0.00508. The van der Waals surface area contributed by atoms with Crippen molar-refractivity contribution in [3.63, 3.8) is 0 Å². The topological polar surface area (TPSA) is 113 Å². The van der Waals surface area contributed by atoms with Crippen molar-refractivity contribution in [3.05, 3.63) is 0 Å². The van der Waals surface area contributed by atoms with Crippen molar-refractivity contribution < 1.29 is 38.2 Å². The van der Waals surface area contributed by atoms with E-state index in [9.17, 15) is 24.0 Å². The highest BCUT2D eigenvalue weighted by Crippen LogP contribution is 2.45. The molecule has 0 aromatic heterocycles. The standard InChI is InChI=1S/3C26H52O2.C13H26O.C12H24O/c1-18(15-23(3,4)5)20(25(9,10)11)17-28-22(27)21(26(12,13)14)19(2)16-24(6,7)8;1-19(16-23(2,3)4)21(26(11,12)13)22(27)28-15-14-20(17-24(5,6)7)18-25(8,9)10;1-23(2,3)16-20(17-24(4,5)6)13-14-28-22(27)15-21(18-25(7,8)9)19-26(10,11)12;1-12(2,3)9-11(7-8-14)10-13(4,5)6;1-9(2)11(8-13)10(3)7-12(4,5)6/h18-21H,15-17H2,1-14H3;19-21H,14-18H2,1-13H3;20-21H,13-19H2,1-12H3;8,11H,7,9-10H2,1-6H3;8-11H,7H2,1-6H3. The van der Waals surface area contributed by atoms with Crippen LogP contribution in [0.4, 0.5) is 0 Å². The van der Waals surface area contributed by atoms with Crippen LogP contribution in [0.15, 0.2) is 0 Å². The number of hydrogen-bond acceptors (Lipinski definition) is 8. The molecule has 0 aliphatic rings. The quantitative estimate of drug-likeness (QED) is 0.0372. The molecule has 666 valence electrons. The molecule has 8 unspecified atom stereocenters. The number of esters is 3. The summed E-state index contributed by atoms with van der Waals surface area (Å²) in [5, 5.41) is 0. The number of ether oxygens (including phenoxy) is 3. The van der Waals surface area contributed by atoms with Crippen LogP contribution >= 0.6 is 0 Å². The van der Waals surface area contributed by atoms with Crippen molar-refractivity contribution >= 4 is 30.5 Å². The largest absolute Gasteiger partial charge is 0.466 e. The molecule has 0 aromatic carbocycles. The predicted molar refractivity (Wildman–Crippen MR) is 490 cm³/mol. The summed E-state index contributed by atoms with van der Waals surface area (Å²) in [6, 6.07) is 0. The number of carbonyl (C=O) groups is 5. The van der Waals surface area contributed by atoms with Gasteiger partial charge in [-0.3, -0.25) is 14.4 Å². The van der Waals surface area contributed by atoms with E-state index < -0.39 is 0 Å². The first-order valence-corrected chi connectivity index (χ1v) is 44.9. The van der Waals surface area contributed by atoms with Gasteiger partial charge >= 0.3 is 17.9 Å². The van der Waals surface area contributed by atoms with Crippen LogP contribution in [0, 0.1) is 158 Å². The zero-order chi connectivity index (χ0) is 89.7. The lowest BCUT2D eigenvalue weighted by Crippen LogP contribution is -2.39. The summed E-state index contributed by atoms with van der Waals surface area (Å²) in [5.74, 6) is 4.63. The van der Waals surface area contributed by atoms with Gasteiger partial charge < -0.3 is 23.8 Å². The summed E-state index contributed by atoms with van der Waals surface area (Å²) in [6.45, 7) is 116. The van der Waals surface area contributed by atoms with Crippen LogP contribution in [0.25, 0.3) is 0 Å². The first-order valence-electron chi connectivity index (χ1n) is 44.9. The molecule has 0 rings (SSSR count). The molecule has 0 fully saturated rings. The van der Waals surface area contributed by atoms with Gasteiger partial charge in [-0.25, -0.2) is 0 Å². The van der Waals surface area contributed by atoms with E-state index in [1.165, 1.54) is 25.7 Å². The Morgan fingerprint density at radius 3 is 0.766 bits per heavy atom. The average molecular weight is 1570 g/mol. The second kappa shape index (κ2) is 48.1. The van der Waals surface area contributed by atoms with Crippen LogP contribution in [0.5, 0.6) is 0 Å². The lowest BCUT2D eigenvalue weighted by molar-refractivity contribution is -0.159. The van der Waals surface area contributed by atoms with Gasteiger partial charge in [0.15, 0.2) is 0 Å². The summed E-state index contributed by atoms with van der Waals surface area (Å²) in [7, 11) is 0. The first kappa shape index (κ1) is 117. The summed E-state index contributed by atoms with van der Waals surface area (Å²) < 4.78 is 17.7. The molecule has 0 spiro atoms. The highest BCUT2D eigenvalue weighted by Gasteiger charge is 2.42. The van der Waals surface area contributed by atoms with E-state index in [0.717, 1.165) is 76.8 Å². The Labute approximate surface area is 698 Å². The molecule has 111 heavy (non-hydrogen) atoms. The molecule has 8 nitrogen and oxygen atoms in total. The Balaban J connectivity index is -0.000000435. The van der Waals surface area contributed by atoms with E-state index in [1.807, 2.05) is 0 Å². The van der Waals surface area contributed by atoms with Gasteiger partial charge in [0.25, 0.3) is 0 Å². The average Bonchev–Trinajstić information content (AvgIpc) is 0.817. The van der Waals surface area contributed by atoms with Gasteiger partial charge in [0, 0.05) is 24.7 Å². The second-order valence-corrected chi connectivity index (χ2v) is 54.4. The Bertz CT molecular complexity index is 2390. The van der Waals surface area contributed by atoms with Gasteiger partial charge in [-0.15, -0.1) is 0 Å². The maximum Gasteiger partial charge on any atom is 0.309 e. The van der Waals surface area contributed by atoms with Gasteiger partial charge in [-0.2, -0.15) is 0 Å². The van der Waals surface area contributed by atoms with Crippen LogP contribution in [-0.2, 0) is 38.2 Å². The van der Waals surface area contributed by atoms with Crippen molar-refractivity contribution in [2.45, 2.75) is 456 Å². The Kier molecular flexibility index (Phi) is 50.8. The fraction of sp³-hybridized carbons (Fsp3) is 0.951. The molecule has 8 atom stereocenters. The molecule has 0 aliphatic carbocycles. The Morgan fingerprint density at radius 2 is 0.523 bits per heavy atom. The molecule has 0 saturated carbocycles. The predicted octanol–water partition coefficient (Wildman–Crippen LogP) is 32.0. The number of carbonyl (C=O) groups excluding carboxylic acids is 5. The summed E-state index contributed by atoms with van der Waals surface area (Å²) in [4.78, 5) is 60.3. The van der Waals surface area contributed by atoms with E-state index >= 15 is 0 Å². The number of aldehydes is 2. The van der Waals surface area contributed by atoms with E-state index in [0.29, 0.717) is 130 Å². The zero-order valence-electron chi connectivity index (χ0n) is 85.4. The van der Waals surface area contributed by atoms with Gasteiger partial charge in [-0.05, 0) is 224 Å². The smallest absolute Gasteiger partial charge is 0.309 e. The molecule has 8 heteroatoms. The molecule has 0 bridgehead atoms. The fourth-order valence-electron chi connectivity index (χ4n) is 18.9. The van der Waals surface area contributed by atoms with Crippen LogP contribution < -0.4 is 0 Å². The van der Waals surface area contributed by atoms with Crippen molar-refractivity contribution in [1.29, 1.82) is 0 Å². The van der Waals surface area contributed by atoms with E-state index in [2.05, 4.69) is 353 Å². The van der Waals surface area contributed by atoms with Crippen LogP contribution in [-0.4, -0.2) is 50.3 Å². The van der Waals surface area contributed by atoms with Gasteiger partial charge in [-0.1, -0.05) is 353 Å². The lowest BCUT2D eigenvalue weighted by Gasteiger charge is -2.39. The zero-order valence-corrected chi connectivity index (χ0v) is 85.4. The van der Waals surface area contributed by atoms with Crippen LogP contribution in [0.1, 0.15) is 456 Å². The molecular formula is C103H206O8. The minimum atomic E-state index is -0.101. The van der Waals surface area contributed by atoms with Crippen molar-refractivity contribution in [3.8, 4) is 0 Å². The third-order valence-electron chi connectivity index (χ3n) is 20.7. The highest BCUT2D eigenvalue weighted by atomic mass is 16.5. The number of rotatable bonds is 32. The molecule has 0 aromatic rings. The third kappa shape index (κ3) is 71.6. The summed E-state index contributed by atoms with van der Waals surface area (Å²) in [6.07, 6.45) is 18.8. The van der Waals surface area contributed by atoms with Gasteiger partial charge in [0.05, 0.1) is 31.7 Å². The van der Waals surface area contributed by atoms with Gasteiger partial charge in [0.2, 0.25) is 0 Å². The van der Waals surface area contributed by atoms with Crippen molar-refractivity contribution in [2.24, 2.45) is 158 Å². The highest BCUT2D eigenvalue weighted by molar-refractivity contribution is 5.74. The Hall–Kier alpha value is -2.25. The molecule has 0 radical (unpaired) electrons. The fourth-order valence-corrected chi connectivity index (χ4v) is 18.9. The monoisotopic (exact) mass is 1570 g/mol.